The van der Waals surface area contributed by atoms with E-state index >= 15 is 0 Å². The summed E-state index contributed by atoms with van der Waals surface area (Å²) >= 11 is 0. The largest absolute Gasteiger partial charge is 0.337 e. The summed E-state index contributed by atoms with van der Waals surface area (Å²) in [6, 6.07) is 5.07. The van der Waals surface area contributed by atoms with Crippen LogP contribution in [0, 0.1) is 0 Å². The maximum Gasteiger partial charge on any atom is 0.240 e. The molecule has 2 aromatic rings. The highest BCUT2D eigenvalue weighted by Crippen LogP contribution is 2.16. The van der Waals surface area contributed by atoms with E-state index in [9.17, 15) is 8.42 Å². The summed E-state index contributed by atoms with van der Waals surface area (Å²) in [4.78, 5) is 4.32. The van der Waals surface area contributed by atoms with Gasteiger partial charge in [0.05, 0.1) is 11.4 Å². The van der Waals surface area contributed by atoms with Crippen molar-refractivity contribution >= 4 is 10.0 Å². The number of aromatic nitrogens is 2. The van der Waals surface area contributed by atoms with Crippen LogP contribution in [0.4, 0.5) is 0 Å². The summed E-state index contributed by atoms with van der Waals surface area (Å²) in [6.07, 6.45) is 4.23. The molecule has 2 rings (SSSR count). The second-order valence-corrected chi connectivity index (χ2v) is 6.53. The number of nitrogens with two attached hydrogens (primary N) is 1. The third kappa shape index (κ3) is 3.49. The molecule has 0 saturated carbocycles. The van der Waals surface area contributed by atoms with Gasteiger partial charge in [-0.25, -0.2) is 18.1 Å². The van der Waals surface area contributed by atoms with Gasteiger partial charge < -0.3 is 10.3 Å². The van der Waals surface area contributed by atoms with Crippen LogP contribution in [0.25, 0.3) is 0 Å². The van der Waals surface area contributed by atoms with Gasteiger partial charge in [-0.1, -0.05) is 13.0 Å². The number of aryl methyl sites for hydroxylation is 2. The number of benzene rings is 1. The van der Waals surface area contributed by atoms with Gasteiger partial charge in [-0.15, -0.1) is 0 Å². The van der Waals surface area contributed by atoms with Crippen LogP contribution in [0.1, 0.15) is 23.9 Å². The minimum Gasteiger partial charge on any atom is -0.337 e. The number of nitrogens with zero attached hydrogens (tertiary/aromatic N) is 2. The average Bonchev–Trinajstić information content (AvgIpc) is 2.89. The van der Waals surface area contributed by atoms with Gasteiger partial charge in [0.2, 0.25) is 10.0 Å². The first-order chi connectivity index (χ1) is 9.97. The third-order valence-electron chi connectivity index (χ3n) is 3.43. The van der Waals surface area contributed by atoms with E-state index < -0.39 is 10.0 Å². The molecule has 0 saturated heterocycles. The van der Waals surface area contributed by atoms with Crippen LogP contribution in [-0.4, -0.2) is 18.0 Å². The fraction of sp³-hybridized carbons (Fsp3) is 0.357. The molecule has 0 radical (unpaired) electrons. The van der Waals surface area contributed by atoms with Crippen molar-refractivity contribution in [3.05, 3.63) is 47.5 Å². The highest BCUT2D eigenvalue weighted by molar-refractivity contribution is 7.89. The van der Waals surface area contributed by atoms with E-state index in [-0.39, 0.29) is 11.4 Å². The molecule has 114 valence electrons. The molecule has 0 aliphatic rings. The summed E-state index contributed by atoms with van der Waals surface area (Å²) in [6.45, 7) is 2.49. The Bertz CT molecular complexity index is 722. The lowest BCUT2D eigenvalue weighted by molar-refractivity contribution is 0.577. The Labute approximate surface area is 125 Å². The number of hydrogen-bond acceptors (Lipinski definition) is 4. The number of hydrogen-bond donors (Lipinski definition) is 2. The molecule has 0 spiro atoms. The van der Waals surface area contributed by atoms with E-state index in [0.717, 1.165) is 17.5 Å². The van der Waals surface area contributed by atoms with Crippen molar-refractivity contribution in [3.63, 3.8) is 0 Å². The summed E-state index contributed by atoms with van der Waals surface area (Å²) in [5, 5.41) is 0. The molecule has 3 N–H and O–H groups in total. The van der Waals surface area contributed by atoms with Crippen LogP contribution in [0.2, 0.25) is 0 Å². The SMILES string of the molecule is CCc1ccc(S(=O)(=O)NCc2nccn2C)cc1CN. The lowest BCUT2D eigenvalue weighted by atomic mass is 10.1. The van der Waals surface area contributed by atoms with Gasteiger partial charge >= 0.3 is 0 Å². The molecule has 1 aromatic carbocycles. The lowest BCUT2D eigenvalue weighted by Crippen LogP contribution is -2.25. The summed E-state index contributed by atoms with van der Waals surface area (Å²) in [5.41, 5.74) is 7.61. The van der Waals surface area contributed by atoms with Crippen LogP contribution in [0.5, 0.6) is 0 Å². The Balaban J connectivity index is 2.21. The molecule has 1 heterocycles. The molecule has 0 atom stereocenters. The van der Waals surface area contributed by atoms with Crippen LogP contribution in [0.15, 0.2) is 35.5 Å². The van der Waals surface area contributed by atoms with E-state index in [1.54, 1.807) is 29.1 Å². The van der Waals surface area contributed by atoms with Crippen LogP contribution in [-0.2, 0) is 36.6 Å². The van der Waals surface area contributed by atoms with E-state index in [0.29, 0.717) is 12.4 Å². The third-order valence-corrected chi connectivity index (χ3v) is 4.83. The van der Waals surface area contributed by atoms with Crippen molar-refractivity contribution in [2.75, 3.05) is 0 Å². The molecule has 0 amide bonds. The quantitative estimate of drug-likeness (QED) is 0.830. The molecule has 0 unspecified atom stereocenters. The Hall–Kier alpha value is -1.70. The molecule has 0 bridgehead atoms. The number of rotatable bonds is 6. The Morgan fingerprint density at radius 3 is 2.67 bits per heavy atom. The fourth-order valence-electron chi connectivity index (χ4n) is 2.11. The minimum atomic E-state index is -3.57. The van der Waals surface area contributed by atoms with Gasteiger partial charge in [0.1, 0.15) is 5.82 Å². The van der Waals surface area contributed by atoms with Crippen molar-refractivity contribution in [1.29, 1.82) is 0 Å². The number of imidazole rings is 1. The average molecular weight is 308 g/mol. The number of nitrogens with one attached hydrogen (secondary N) is 1. The van der Waals surface area contributed by atoms with Crippen molar-refractivity contribution in [1.82, 2.24) is 14.3 Å². The van der Waals surface area contributed by atoms with Crippen LogP contribution >= 0.6 is 0 Å². The molecule has 0 aliphatic heterocycles. The molecular formula is C14H20N4O2S. The lowest BCUT2D eigenvalue weighted by Gasteiger charge is -2.10. The van der Waals surface area contributed by atoms with Crippen molar-refractivity contribution in [2.24, 2.45) is 12.8 Å². The fourth-order valence-corrected chi connectivity index (χ4v) is 3.14. The van der Waals surface area contributed by atoms with Gasteiger partial charge in [0.25, 0.3) is 0 Å². The molecule has 7 heteroatoms. The Morgan fingerprint density at radius 2 is 2.10 bits per heavy atom. The first-order valence-corrected chi connectivity index (χ1v) is 8.24. The van der Waals surface area contributed by atoms with Crippen molar-refractivity contribution < 1.29 is 8.42 Å². The van der Waals surface area contributed by atoms with Crippen LogP contribution < -0.4 is 10.5 Å². The zero-order valence-electron chi connectivity index (χ0n) is 12.2. The van der Waals surface area contributed by atoms with E-state index in [4.69, 9.17) is 5.73 Å². The Kier molecular flexibility index (Phi) is 4.76. The monoisotopic (exact) mass is 308 g/mol. The molecule has 1 aromatic heterocycles. The molecule has 0 fully saturated rings. The highest BCUT2D eigenvalue weighted by atomic mass is 32.2. The molecule has 21 heavy (non-hydrogen) atoms. The standard InChI is InChI=1S/C14H20N4O2S/c1-3-11-4-5-13(8-12(11)9-15)21(19,20)17-10-14-16-6-7-18(14)2/h4-8,17H,3,9-10,15H2,1-2H3. The summed E-state index contributed by atoms with van der Waals surface area (Å²) in [7, 11) is -1.75. The molecular weight excluding hydrogens is 288 g/mol. The van der Waals surface area contributed by atoms with Gasteiger partial charge in [0, 0.05) is 26.0 Å². The highest BCUT2D eigenvalue weighted by Gasteiger charge is 2.16. The normalized spacial score (nSPS) is 11.8. The first-order valence-electron chi connectivity index (χ1n) is 6.75. The van der Waals surface area contributed by atoms with Gasteiger partial charge in [-0.2, -0.15) is 0 Å². The second kappa shape index (κ2) is 6.38. The smallest absolute Gasteiger partial charge is 0.240 e. The maximum absolute atomic E-state index is 12.3. The summed E-state index contributed by atoms with van der Waals surface area (Å²) < 4.78 is 29.0. The Morgan fingerprint density at radius 1 is 1.33 bits per heavy atom. The van der Waals surface area contributed by atoms with Crippen molar-refractivity contribution in [2.45, 2.75) is 31.3 Å². The van der Waals surface area contributed by atoms with Crippen LogP contribution in [0.3, 0.4) is 0 Å². The van der Waals surface area contributed by atoms with E-state index in [2.05, 4.69) is 9.71 Å². The predicted molar refractivity (Wildman–Crippen MR) is 80.9 cm³/mol. The predicted octanol–water partition coefficient (Wildman–Crippen LogP) is 0.920. The van der Waals surface area contributed by atoms with E-state index in [1.807, 2.05) is 20.0 Å². The molecule has 6 nitrogen and oxygen atoms in total. The zero-order valence-corrected chi connectivity index (χ0v) is 13.0. The van der Waals surface area contributed by atoms with Crippen molar-refractivity contribution in [3.8, 4) is 0 Å². The summed E-state index contributed by atoms with van der Waals surface area (Å²) in [5.74, 6) is 0.655. The maximum atomic E-state index is 12.3. The minimum absolute atomic E-state index is 0.152. The first kappa shape index (κ1) is 15.7. The topological polar surface area (TPSA) is 90.0 Å². The van der Waals surface area contributed by atoms with Gasteiger partial charge in [-0.05, 0) is 29.7 Å². The van der Waals surface area contributed by atoms with Gasteiger partial charge in [-0.3, -0.25) is 0 Å². The van der Waals surface area contributed by atoms with Gasteiger partial charge in [0.15, 0.2) is 0 Å². The number of sulfonamides is 1. The zero-order chi connectivity index (χ0) is 15.5. The second-order valence-electron chi connectivity index (χ2n) is 4.77. The molecule has 0 aliphatic carbocycles. The van der Waals surface area contributed by atoms with E-state index in [1.165, 1.54) is 0 Å².